The molecule has 1 saturated heterocycles. The molecule has 1 N–H and O–H groups in total. The first kappa shape index (κ1) is 25.3. The number of anilines is 3. The number of aromatic nitrogens is 5. The maximum absolute atomic E-state index is 13.4. The van der Waals surface area contributed by atoms with E-state index in [2.05, 4.69) is 39.3 Å². The third kappa shape index (κ3) is 5.05. The molecule has 0 unspecified atom stereocenters. The zero-order chi connectivity index (χ0) is 27.0. The van der Waals surface area contributed by atoms with Gasteiger partial charge in [-0.1, -0.05) is 18.2 Å². The lowest BCUT2D eigenvalue weighted by Crippen LogP contribution is -2.44. The maximum Gasteiger partial charge on any atom is 0.278 e. The van der Waals surface area contributed by atoms with Gasteiger partial charge in [0.1, 0.15) is 11.0 Å². The first-order valence-corrected chi connectivity index (χ1v) is 13.4. The van der Waals surface area contributed by atoms with Crippen LogP contribution in [0.2, 0.25) is 0 Å². The SMILES string of the molecule is CN1CCN(c2ccc(Nc3ncc4c(=O)n5n(c4n3)-c3cccc(n3)C(C)(C)OCC/C=C\C5)cc2)CC1. The smallest absolute Gasteiger partial charge is 0.278 e. The molecule has 10 nitrogen and oxygen atoms in total. The maximum atomic E-state index is 13.4. The van der Waals surface area contributed by atoms with Gasteiger partial charge in [0.15, 0.2) is 11.5 Å². The van der Waals surface area contributed by atoms with Crippen molar-refractivity contribution in [2.75, 3.05) is 50.1 Å². The Kier molecular flexibility index (Phi) is 6.66. The molecule has 1 aromatic carbocycles. The fourth-order valence-electron chi connectivity index (χ4n) is 5.06. The molecule has 5 heterocycles. The highest BCUT2D eigenvalue weighted by molar-refractivity contribution is 5.77. The van der Waals surface area contributed by atoms with Crippen LogP contribution in [0.5, 0.6) is 0 Å². The minimum absolute atomic E-state index is 0.155. The lowest BCUT2D eigenvalue weighted by molar-refractivity contribution is -0.0224. The summed E-state index contributed by atoms with van der Waals surface area (Å²) in [5.74, 6) is 1.02. The van der Waals surface area contributed by atoms with Gasteiger partial charge in [0.2, 0.25) is 5.95 Å². The second kappa shape index (κ2) is 10.3. The van der Waals surface area contributed by atoms with Crippen molar-refractivity contribution in [1.82, 2.24) is 29.2 Å². The van der Waals surface area contributed by atoms with Gasteiger partial charge in [0.05, 0.1) is 18.8 Å². The molecule has 39 heavy (non-hydrogen) atoms. The van der Waals surface area contributed by atoms with Crippen molar-refractivity contribution >= 4 is 28.4 Å². The van der Waals surface area contributed by atoms with Crippen molar-refractivity contribution in [3.05, 3.63) is 76.9 Å². The van der Waals surface area contributed by atoms with Gasteiger partial charge in [-0.3, -0.25) is 4.79 Å². The van der Waals surface area contributed by atoms with E-state index in [0.29, 0.717) is 36.0 Å². The number of rotatable bonds is 3. The Balaban J connectivity index is 1.36. The fraction of sp³-hybridized carbons (Fsp3) is 0.379. The van der Waals surface area contributed by atoms with E-state index in [4.69, 9.17) is 14.7 Å². The van der Waals surface area contributed by atoms with E-state index >= 15 is 0 Å². The number of fused-ring (bicyclic) bond motifs is 6. The normalized spacial score (nSPS) is 18.7. The number of piperazine rings is 1. The van der Waals surface area contributed by atoms with E-state index in [9.17, 15) is 4.79 Å². The van der Waals surface area contributed by atoms with Crippen LogP contribution in [0.3, 0.4) is 0 Å². The summed E-state index contributed by atoms with van der Waals surface area (Å²) in [6.45, 7) is 9.14. The van der Waals surface area contributed by atoms with Crippen molar-refractivity contribution in [3.8, 4) is 5.82 Å². The largest absolute Gasteiger partial charge is 0.369 e. The Morgan fingerprint density at radius 1 is 0.974 bits per heavy atom. The van der Waals surface area contributed by atoms with Gasteiger partial charge in [0.25, 0.3) is 5.56 Å². The highest BCUT2D eigenvalue weighted by Gasteiger charge is 2.25. The highest BCUT2D eigenvalue weighted by atomic mass is 16.5. The fourth-order valence-corrected chi connectivity index (χ4v) is 5.06. The molecule has 4 aromatic rings. The summed E-state index contributed by atoms with van der Waals surface area (Å²) in [6.07, 6.45) is 6.36. The van der Waals surface area contributed by atoms with Crippen molar-refractivity contribution < 1.29 is 4.74 Å². The van der Waals surface area contributed by atoms with Crippen LogP contribution in [0.25, 0.3) is 16.9 Å². The van der Waals surface area contributed by atoms with Crippen LogP contribution in [0, 0.1) is 0 Å². The van der Waals surface area contributed by atoms with Gasteiger partial charge in [0, 0.05) is 43.8 Å². The number of benzene rings is 1. The van der Waals surface area contributed by atoms with Gasteiger partial charge in [-0.15, -0.1) is 0 Å². The summed E-state index contributed by atoms with van der Waals surface area (Å²) >= 11 is 0. The molecule has 6 rings (SSSR count). The standard InChI is InChI=1S/C29H34N8O2/c1-29(2)24-8-7-9-25(32-24)37-26-23(27(38)36(37)14-5-4-6-19-39-29)20-30-28(33-26)31-21-10-12-22(13-11-21)35-17-15-34(3)16-18-35/h4-5,7-13,20H,6,14-19H2,1-3H3,(H,30,31,33)/b5-4-. The summed E-state index contributed by atoms with van der Waals surface area (Å²) in [6, 6.07) is 14.1. The molecule has 0 radical (unpaired) electrons. The molecule has 0 aliphatic carbocycles. The Labute approximate surface area is 227 Å². The molecule has 1 fully saturated rings. The molecular formula is C29H34N8O2. The highest BCUT2D eigenvalue weighted by Crippen LogP contribution is 2.26. The second-order valence-electron chi connectivity index (χ2n) is 10.6. The van der Waals surface area contributed by atoms with Crippen LogP contribution in [-0.4, -0.2) is 69.0 Å². The van der Waals surface area contributed by atoms with Crippen molar-refractivity contribution in [1.29, 1.82) is 0 Å². The second-order valence-corrected chi connectivity index (χ2v) is 10.6. The van der Waals surface area contributed by atoms with Gasteiger partial charge in [-0.2, -0.15) is 4.98 Å². The average molecular weight is 527 g/mol. The van der Waals surface area contributed by atoms with Crippen LogP contribution in [0.1, 0.15) is 26.0 Å². The van der Waals surface area contributed by atoms with Crippen LogP contribution < -0.4 is 15.8 Å². The molecule has 2 aliphatic heterocycles. The molecule has 202 valence electrons. The number of nitrogens with zero attached hydrogens (tertiary/aromatic N) is 7. The molecule has 0 saturated carbocycles. The first-order chi connectivity index (χ1) is 18.9. The minimum Gasteiger partial charge on any atom is -0.369 e. The zero-order valence-corrected chi connectivity index (χ0v) is 22.7. The molecule has 0 amide bonds. The lowest BCUT2D eigenvalue weighted by Gasteiger charge is -2.34. The van der Waals surface area contributed by atoms with Gasteiger partial charge in [-0.25, -0.2) is 19.3 Å². The Morgan fingerprint density at radius 2 is 1.77 bits per heavy atom. The van der Waals surface area contributed by atoms with E-state index in [1.807, 2.05) is 56.3 Å². The predicted molar refractivity (Wildman–Crippen MR) is 153 cm³/mol. The van der Waals surface area contributed by atoms with Crippen LogP contribution in [0.4, 0.5) is 17.3 Å². The zero-order valence-electron chi connectivity index (χ0n) is 22.7. The van der Waals surface area contributed by atoms with Crippen molar-refractivity contribution in [2.45, 2.75) is 32.4 Å². The topological polar surface area (TPSA) is 93.3 Å². The van der Waals surface area contributed by atoms with E-state index in [-0.39, 0.29) is 5.56 Å². The van der Waals surface area contributed by atoms with E-state index in [1.165, 1.54) is 5.69 Å². The summed E-state index contributed by atoms with van der Waals surface area (Å²) in [5, 5.41) is 3.75. The van der Waals surface area contributed by atoms with Gasteiger partial charge >= 0.3 is 0 Å². The average Bonchev–Trinajstić information content (AvgIpc) is 3.21. The van der Waals surface area contributed by atoms with Crippen molar-refractivity contribution in [3.63, 3.8) is 0 Å². The molecule has 3 aromatic heterocycles. The summed E-state index contributed by atoms with van der Waals surface area (Å²) < 4.78 is 9.57. The third-order valence-corrected chi connectivity index (χ3v) is 7.43. The van der Waals surface area contributed by atoms with Gasteiger partial charge in [-0.05, 0) is 63.7 Å². The number of likely N-dealkylation sites (N-methyl/N-ethyl adjacent to an activating group) is 1. The monoisotopic (exact) mass is 526 g/mol. The molecule has 2 bridgehead atoms. The predicted octanol–water partition coefficient (Wildman–Crippen LogP) is 3.68. The van der Waals surface area contributed by atoms with Crippen molar-refractivity contribution in [2.24, 2.45) is 0 Å². The number of nitrogens with one attached hydrogen (secondary N) is 1. The molecule has 0 atom stereocenters. The molecule has 0 spiro atoms. The van der Waals surface area contributed by atoms with Crippen LogP contribution >= 0.6 is 0 Å². The minimum atomic E-state index is -0.574. The quantitative estimate of drug-likeness (QED) is 0.404. The number of pyridine rings is 1. The lowest BCUT2D eigenvalue weighted by atomic mass is 10.0. The van der Waals surface area contributed by atoms with Crippen LogP contribution in [0.15, 0.2) is 65.6 Å². The Morgan fingerprint density at radius 3 is 2.56 bits per heavy atom. The van der Waals surface area contributed by atoms with E-state index in [1.54, 1.807) is 15.6 Å². The molecular weight excluding hydrogens is 492 g/mol. The Bertz CT molecular complexity index is 1560. The summed E-state index contributed by atoms with van der Waals surface area (Å²) in [4.78, 5) is 32.3. The molecule has 2 aliphatic rings. The summed E-state index contributed by atoms with van der Waals surface area (Å²) in [7, 11) is 2.16. The molecule has 10 heteroatoms. The van der Waals surface area contributed by atoms with Crippen LogP contribution in [-0.2, 0) is 16.9 Å². The third-order valence-electron chi connectivity index (χ3n) is 7.43. The van der Waals surface area contributed by atoms with Gasteiger partial charge < -0.3 is 19.9 Å². The van der Waals surface area contributed by atoms with E-state index in [0.717, 1.165) is 44.0 Å². The Hall–Kier alpha value is -4.02. The number of hydrogen-bond donors (Lipinski definition) is 1. The number of allylic oxidation sites excluding steroid dienone is 1. The first-order valence-electron chi connectivity index (χ1n) is 13.4. The number of ether oxygens (including phenoxy) is 1. The van der Waals surface area contributed by atoms with E-state index < -0.39 is 5.60 Å². The number of hydrogen-bond acceptors (Lipinski definition) is 8. The summed E-state index contributed by atoms with van der Waals surface area (Å²) in [5.41, 5.74) is 2.64.